The quantitative estimate of drug-likeness (QED) is 0.465. The Hall–Kier alpha value is -1.61. The normalized spacial score (nSPS) is 10.7. The van der Waals surface area contributed by atoms with Crippen molar-refractivity contribution in [3.05, 3.63) is 51.3 Å². The van der Waals surface area contributed by atoms with Crippen LogP contribution in [0.15, 0.2) is 46.0 Å². The number of hydrogen-bond acceptors (Lipinski definition) is 5. The minimum Gasteiger partial charge on any atom is -0.411 e. The highest BCUT2D eigenvalue weighted by molar-refractivity contribution is 14.1. The lowest BCUT2D eigenvalue weighted by Crippen LogP contribution is -1.97. The van der Waals surface area contributed by atoms with E-state index >= 15 is 0 Å². The van der Waals surface area contributed by atoms with Gasteiger partial charge in [-0.25, -0.2) is 4.39 Å². The molecular formula is C15H11FIN3OS. The van der Waals surface area contributed by atoms with E-state index in [1.807, 2.05) is 25.1 Å². The molecule has 7 heteroatoms. The van der Waals surface area contributed by atoms with Gasteiger partial charge in [0.25, 0.3) is 11.1 Å². The van der Waals surface area contributed by atoms with Crippen LogP contribution in [0.1, 0.15) is 5.56 Å². The molecule has 1 N–H and O–H groups in total. The number of hydrogen-bond donors (Lipinski definition) is 2. The van der Waals surface area contributed by atoms with E-state index in [4.69, 9.17) is 4.42 Å². The van der Waals surface area contributed by atoms with Crippen LogP contribution in [-0.2, 0) is 0 Å². The van der Waals surface area contributed by atoms with E-state index in [9.17, 15) is 4.39 Å². The van der Waals surface area contributed by atoms with Gasteiger partial charge in [0.2, 0.25) is 0 Å². The van der Waals surface area contributed by atoms with Crippen LogP contribution in [0.2, 0.25) is 0 Å². The SMILES string of the molecule is Cc1cc(I)ccc1Nc1cc(F)ccc1-c1nnc(S)o1. The van der Waals surface area contributed by atoms with E-state index in [0.717, 1.165) is 14.8 Å². The van der Waals surface area contributed by atoms with E-state index in [-0.39, 0.29) is 16.9 Å². The molecule has 0 saturated heterocycles. The zero-order valence-electron chi connectivity index (χ0n) is 11.5. The monoisotopic (exact) mass is 427 g/mol. The Bertz CT molecular complexity index is 837. The summed E-state index contributed by atoms with van der Waals surface area (Å²) in [6, 6.07) is 10.3. The van der Waals surface area contributed by atoms with Crippen LogP contribution >= 0.6 is 35.2 Å². The van der Waals surface area contributed by atoms with Crippen molar-refractivity contribution in [1.82, 2.24) is 10.2 Å². The van der Waals surface area contributed by atoms with Crippen LogP contribution in [0.4, 0.5) is 15.8 Å². The highest BCUT2D eigenvalue weighted by atomic mass is 127. The molecule has 0 unspecified atom stereocenters. The van der Waals surface area contributed by atoms with Gasteiger partial charge >= 0.3 is 0 Å². The third kappa shape index (κ3) is 3.25. The lowest BCUT2D eigenvalue weighted by molar-refractivity contribution is 0.468. The van der Waals surface area contributed by atoms with E-state index in [1.165, 1.54) is 12.1 Å². The molecule has 2 aromatic carbocycles. The fourth-order valence-electron chi connectivity index (χ4n) is 2.04. The Labute approximate surface area is 145 Å². The number of anilines is 2. The van der Waals surface area contributed by atoms with Gasteiger partial charge in [0, 0.05) is 9.26 Å². The van der Waals surface area contributed by atoms with Gasteiger partial charge in [-0.05, 0) is 71.5 Å². The minimum absolute atomic E-state index is 0.163. The molecule has 0 aliphatic carbocycles. The summed E-state index contributed by atoms with van der Waals surface area (Å²) in [5.41, 5.74) is 3.12. The standard InChI is InChI=1S/C15H11FIN3OS/c1-8-6-10(17)3-5-12(8)18-13-7-9(16)2-4-11(13)14-19-20-15(22)21-14/h2-7,18H,1H3,(H,20,22). The average molecular weight is 427 g/mol. The van der Waals surface area contributed by atoms with Crippen LogP contribution in [0.5, 0.6) is 0 Å². The first-order valence-corrected chi connectivity index (χ1v) is 7.91. The van der Waals surface area contributed by atoms with Gasteiger partial charge in [-0.1, -0.05) is 12.6 Å². The highest BCUT2D eigenvalue weighted by Gasteiger charge is 2.13. The molecule has 0 amide bonds. The topological polar surface area (TPSA) is 51.0 Å². The van der Waals surface area contributed by atoms with Gasteiger partial charge in [-0.15, -0.1) is 10.2 Å². The molecular weight excluding hydrogens is 416 g/mol. The molecule has 1 aromatic heterocycles. The van der Waals surface area contributed by atoms with E-state index in [1.54, 1.807) is 6.07 Å². The van der Waals surface area contributed by atoms with Crippen LogP contribution < -0.4 is 5.32 Å². The third-order valence-electron chi connectivity index (χ3n) is 3.08. The first-order chi connectivity index (χ1) is 10.5. The number of nitrogens with zero attached hydrogens (tertiary/aromatic N) is 2. The van der Waals surface area contributed by atoms with Gasteiger partial charge in [-0.2, -0.15) is 0 Å². The Morgan fingerprint density at radius 1 is 1.14 bits per heavy atom. The maximum absolute atomic E-state index is 13.6. The molecule has 3 rings (SSSR count). The molecule has 3 aromatic rings. The molecule has 112 valence electrons. The van der Waals surface area contributed by atoms with Gasteiger partial charge < -0.3 is 9.73 Å². The third-order valence-corrected chi connectivity index (χ3v) is 3.94. The summed E-state index contributed by atoms with van der Waals surface area (Å²) in [5.74, 6) is -0.0595. The number of rotatable bonds is 3. The zero-order chi connectivity index (χ0) is 15.7. The number of nitrogens with one attached hydrogen (secondary N) is 1. The molecule has 0 spiro atoms. The number of aromatic nitrogens is 2. The van der Waals surface area contributed by atoms with Crippen molar-refractivity contribution in [2.75, 3.05) is 5.32 Å². The van der Waals surface area contributed by atoms with Crippen LogP contribution in [0.25, 0.3) is 11.5 Å². The predicted molar refractivity (Wildman–Crippen MR) is 94.1 cm³/mol. The summed E-state index contributed by atoms with van der Waals surface area (Å²) in [6.45, 7) is 1.99. The lowest BCUT2D eigenvalue weighted by atomic mass is 10.1. The summed E-state index contributed by atoms with van der Waals surface area (Å²) in [6.07, 6.45) is 0. The highest BCUT2D eigenvalue weighted by Crippen LogP contribution is 2.32. The van der Waals surface area contributed by atoms with Crippen molar-refractivity contribution >= 4 is 46.6 Å². The van der Waals surface area contributed by atoms with Gasteiger partial charge in [-0.3, -0.25) is 0 Å². The summed E-state index contributed by atoms with van der Waals surface area (Å²) in [7, 11) is 0. The Morgan fingerprint density at radius 3 is 2.64 bits per heavy atom. The second-order valence-electron chi connectivity index (χ2n) is 4.66. The molecule has 4 nitrogen and oxygen atoms in total. The van der Waals surface area contributed by atoms with Gasteiger partial charge in [0.1, 0.15) is 5.82 Å². The van der Waals surface area contributed by atoms with Crippen LogP contribution in [0.3, 0.4) is 0 Å². The molecule has 0 saturated carbocycles. The van der Waals surface area contributed by atoms with Crippen molar-refractivity contribution in [1.29, 1.82) is 0 Å². The van der Waals surface area contributed by atoms with Crippen molar-refractivity contribution < 1.29 is 8.81 Å². The van der Waals surface area contributed by atoms with Crippen molar-refractivity contribution in [3.63, 3.8) is 0 Å². The first kappa shape index (κ1) is 15.3. The number of aryl methyl sites for hydroxylation is 1. The molecule has 0 fully saturated rings. The predicted octanol–water partition coefficient (Wildman–Crippen LogP) is 4.82. The average Bonchev–Trinajstić information content (AvgIpc) is 2.88. The fourth-order valence-corrected chi connectivity index (χ4v) is 2.82. The number of thiol groups is 1. The maximum Gasteiger partial charge on any atom is 0.273 e. The lowest BCUT2D eigenvalue weighted by Gasteiger charge is -2.12. The van der Waals surface area contributed by atoms with E-state index in [2.05, 4.69) is 50.7 Å². The Kier molecular flexibility index (Phi) is 4.34. The molecule has 0 aliphatic rings. The summed E-state index contributed by atoms with van der Waals surface area (Å²) in [4.78, 5) is 0. The molecule has 0 aliphatic heterocycles. The first-order valence-electron chi connectivity index (χ1n) is 6.38. The smallest absolute Gasteiger partial charge is 0.273 e. The molecule has 0 bridgehead atoms. The summed E-state index contributed by atoms with van der Waals surface area (Å²) in [5, 5.41) is 11.0. The van der Waals surface area contributed by atoms with Crippen molar-refractivity contribution in [2.24, 2.45) is 0 Å². The number of benzene rings is 2. The van der Waals surface area contributed by atoms with Crippen molar-refractivity contribution in [3.8, 4) is 11.5 Å². The zero-order valence-corrected chi connectivity index (χ0v) is 14.5. The molecule has 0 atom stereocenters. The Morgan fingerprint density at radius 2 is 1.95 bits per heavy atom. The van der Waals surface area contributed by atoms with Gasteiger partial charge in [0.15, 0.2) is 0 Å². The molecule has 1 heterocycles. The second-order valence-corrected chi connectivity index (χ2v) is 6.29. The molecule has 22 heavy (non-hydrogen) atoms. The summed E-state index contributed by atoms with van der Waals surface area (Å²) < 4.78 is 20.1. The van der Waals surface area contributed by atoms with Crippen molar-refractivity contribution in [2.45, 2.75) is 12.1 Å². The molecule has 0 radical (unpaired) electrons. The van der Waals surface area contributed by atoms with Crippen LogP contribution in [-0.4, -0.2) is 10.2 Å². The van der Waals surface area contributed by atoms with Gasteiger partial charge in [0.05, 0.1) is 11.3 Å². The second kappa shape index (κ2) is 6.25. The van der Waals surface area contributed by atoms with Crippen LogP contribution in [0, 0.1) is 16.3 Å². The van der Waals surface area contributed by atoms with E-state index in [0.29, 0.717) is 11.3 Å². The summed E-state index contributed by atoms with van der Waals surface area (Å²) >= 11 is 6.25. The minimum atomic E-state index is -0.347. The fraction of sp³-hybridized carbons (Fsp3) is 0.0667. The van der Waals surface area contributed by atoms with E-state index < -0.39 is 0 Å². The largest absolute Gasteiger partial charge is 0.411 e. The Balaban J connectivity index is 2.04. The maximum atomic E-state index is 13.6. The number of halogens is 2.